The summed E-state index contributed by atoms with van der Waals surface area (Å²) in [5, 5.41) is 8.04. The van der Waals surface area contributed by atoms with Crippen molar-refractivity contribution >= 4 is 27.7 Å². The van der Waals surface area contributed by atoms with Crippen LogP contribution in [0.2, 0.25) is 0 Å². The first-order chi connectivity index (χ1) is 15.3. The van der Waals surface area contributed by atoms with Crippen molar-refractivity contribution in [2.75, 3.05) is 45.8 Å². The van der Waals surface area contributed by atoms with E-state index in [1.807, 2.05) is 11.8 Å². The zero-order valence-corrected chi connectivity index (χ0v) is 20.7. The Kier molecular flexibility index (Phi) is 8.32. The Morgan fingerprint density at radius 1 is 1.16 bits per heavy atom. The first-order valence-corrected chi connectivity index (χ1v) is 13.2. The van der Waals surface area contributed by atoms with Crippen LogP contribution in [0.4, 0.5) is 0 Å². The average Bonchev–Trinajstić information content (AvgIpc) is 3.28. The van der Waals surface area contributed by atoms with Gasteiger partial charge in [-0.1, -0.05) is 38.6 Å². The zero-order chi connectivity index (χ0) is 23.3. The maximum absolute atomic E-state index is 12.8. The molecule has 0 spiro atoms. The van der Waals surface area contributed by atoms with E-state index in [9.17, 15) is 13.2 Å². The van der Waals surface area contributed by atoms with Crippen LogP contribution < -0.4 is 0 Å². The number of benzene rings is 1. The molecular formula is C21H31N5O4S2. The number of amides is 1. The fraction of sp³-hybridized carbons (Fsp3) is 0.571. The molecule has 1 saturated heterocycles. The SMILES string of the molecule is CCN1CCN(C(=O)[C@@H](C)Sc2nnc(-c3cccc(S(=O)(=O)N(CC)CC)c3)o2)CC1. The Morgan fingerprint density at radius 2 is 1.84 bits per heavy atom. The number of hydrogen-bond acceptors (Lipinski definition) is 8. The van der Waals surface area contributed by atoms with Crippen molar-refractivity contribution in [3.63, 3.8) is 0 Å². The number of aromatic nitrogens is 2. The highest BCUT2D eigenvalue weighted by Gasteiger charge is 2.27. The number of rotatable bonds is 9. The summed E-state index contributed by atoms with van der Waals surface area (Å²) in [6.07, 6.45) is 0. The van der Waals surface area contributed by atoms with E-state index in [1.54, 1.807) is 32.0 Å². The number of sulfonamides is 1. The fourth-order valence-corrected chi connectivity index (χ4v) is 5.89. The minimum atomic E-state index is -3.59. The monoisotopic (exact) mass is 481 g/mol. The number of hydrogen-bond donors (Lipinski definition) is 0. The van der Waals surface area contributed by atoms with Crippen molar-refractivity contribution < 1.29 is 17.6 Å². The molecule has 0 bridgehead atoms. The minimum Gasteiger partial charge on any atom is -0.411 e. The van der Waals surface area contributed by atoms with Crippen molar-refractivity contribution in [3.8, 4) is 11.5 Å². The summed E-state index contributed by atoms with van der Waals surface area (Å²) in [6, 6.07) is 6.48. The Bertz CT molecular complexity index is 1010. The molecule has 1 aliphatic heterocycles. The van der Waals surface area contributed by atoms with E-state index in [4.69, 9.17) is 4.42 Å². The fourth-order valence-electron chi connectivity index (χ4n) is 3.62. The molecule has 1 atom stereocenters. The second-order valence-electron chi connectivity index (χ2n) is 7.51. The Balaban J connectivity index is 1.69. The predicted molar refractivity (Wildman–Crippen MR) is 124 cm³/mol. The van der Waals surface area contributed by atoms with Crippen LogP contribution in [0.15, 0.2) is 38.8 Å². The van der Waals surface area contributed by atoms with Crippen LogP contribution in [0, 0.1) is 0 Å². The average molecular weight is 482 g/mol. The van der Waals surface area contributed by atoms with Crippen molar-refractivity contribution in [1.29, 1.82) is 0 Å². The van der Waals surface area contributed by atoms with Crippen LogP contribution in [-0.4, -0.2) is 89.7 Å². The summed E-state index contributed by atoms with van der Waals surface area (Å²) < 4.78 is 32.8. The van der Waals surface area contributed by atoms with Gasteiger partial charge in [0, 0.05) is 44.8 Å². The summed E-state index contributed by atoms with van der Waals surface area (Å²) in [5.41, 5.74) is 0.521. The van der Waals surface area contributed by atoms with Gasteiger partial charge < -0.3 is 14.2 Å². The molecule has 11 heteroatoms. The van der Waals surface area contributed by atoms with Gasteiger partial charge in [-0.3, -0.25) is 4.79 Å². The third-order valence-corrected chi connectivity index (χ3v) is 8.55. The molecule has 1 aromatic carbocycles. The summed E-state index contributed by atoms with van der Waals surface area (Å²) >= 11 is 1.22. The van der Waals surface area contributed by atoms with E-state index < -0.39 is 10.0 Å². The molecule has 1 amide bonds. The Hall–Kier alpha value is -1.95. The number of carbonyl (C=O) groups is 1. The van der Waals surface area contributed by atoms with Crippen LogP contribution in [0.25, 0.3) is 11.5 Å². The van der Waals surface area contributed by atoms with Crippen molar-refractivity contribution in [3.05, 3.63) is 24.3 Å². The van der Waals surface area contributed by atoms with E-state index in [-0.39, 0.29) is 27.2 Å². The number of thioether (sulfide) groups is 1. The number of likely N-dealkylation sites (N-methyl/N-ethyl adjacent to an activating group) is 1. The zero-order valence-electron chi connectivity index (χ0n) is 19.0. The first-order valence-electron chi connectivity index (χ1n) is 10.9. The van der Waals surface area contributed by atoms with E-state index in [2.05, 4.69) is 22.0 Å². The highest BCUT2D eigenvalue weighted by molar-refractivity contribution is 8.00. The third kappa shape index (κ3) is 5.51. The highest BCUT2D eigenvalue weighted by atomic mass is 32.2. The normalized spacial score (nSPS) is 16.5. The topological polar surface area (TPSA) is 99.8 Å². The largest absolute Gasteiger partial charge is 0.411 e. The van der Waals surface area contributed by atoms with Gasteiger partial charge in [-0.05, 0) is 31.7 Å². The van der Waals surface area contributed by atoms with E-state index in [0.29, 0.717) is 18.7 Å². The summed E-state index contributed by atoms with van der Waals surface area (Å²) in [5.74, 6) is 0.276. The van der Waals surface area contributed by atoms with Crippen LogP contribution >= 0.6 is 11.8 Å². The smallest absolute Gasteiger partial charge is 0.277 e. The molecule has 0 radical (unpaired) electrons. The van der Waals surface area contributed by atoms with Gasteiger partial charge in [0.2, 0.25) is 21.8 Å². The van der Waals surface area contributed by atoms with Gasteiger partial charge in [-0.2, -0.15) is 4.31 Å². The molecule has 0 aliphatic carbocycles. The molecule has 0 unspecified atom stereocenters. The van der Waals surface area contributed by atoms with Crippen molar-refractivity contribution in [1.82, 2.24) is 24.3 Å². The van der Waals surface area contributed by atoms with E-state index in [1.165, 1.54) is 22.1 Å². The number of carbonyl (C=O) groups excluding carboxylic acids is 1. The standard InChI is InChI=1S/C21H31N5O4S2/c1-5-24-11-13-25(14-12-24)20(27)16(4)31-21-23-22-19(30-21)17-9-8-10-18(15-17)32(28,29)26(6-2)7-3/h8-10,15-16H,5-7,11-14H2,1-4H3/t16-/m1/s1. The Morgan fingerprint density at radius 3 is 2.47 bits per heavy atom. The number of nitrogens with zero attached hydrogens (tertiary/aromatic N) is 5. The number of piperazine rings is 1. The first kappa shape index (κ1) is 24.7. The third-order valence-electron chi connectivity index (χ3n) is 5.59. The molecule has 0 saturated carbocycles. The van der Waals surface area contributed by atoms with Gasteiger partial charge >= 0.3 is 0 Å². The molecule has 0 N–H and O–H groups in total. The van der Waals surface area contributed by atoms with Crippen LogP contribution in [-0.2, 0) is 14.8 Å². The summed E-state index contributed by atoms with van der Waals surface area (Å²) in [4.78, 5) is 17.2. The second kappa shape index (κ2) is 10.8. The molecule has 1 fully saturated rings. The van der Waals surface area contributed by atoms with Gasteiger partial charge in [-0.15, -0.1) is 10.2 Å². The predicted octanol–water partition coefficient (Wildman–Crippen LogP) is 2.41. The lowest BCUT2D eigenvalue weighted by atomic mass is 10.2. The van der Waals surface area contributed by atoms with E-state index >= 15 is 0 Å². The van der Waals surface area contributed by atoms with Crippen LogP contribution in [0.5, 0.6) is 0 Å². The molecular weight excluding hydrogens is 450 g/mol. The Labute approximate surface area is 194 Å². The molecule has 2 heterocycles. The molecule has 1 aliphatic rings. The van der Waals surface area contributed by atoms with Crippen molar-refractivity contribution in [2.45, 2.75) is 43.1 Å². The van der Waals surface area contributed by atoms with Crippen LogP contribution in [0.1, 0.15) is 27.7 Å². The lowest BCUT2D eigenvalue weighted by molar-refractivity contribution is -0.132. The maximum atomic E-state index is 12.8. The quantitative estimate of drug-likeness (QED) is 0.504. The second-order valence-corrected chi connectivity index (χ2v) is 10.7. The molecule has 32 heavy (non-hydrogen) atoms. The van der Waals surface area contributed by atoms with Crippen LogP contribution in [0.3, 0.4) is 0 Å². The van der Waals surface area contributed by atoms with Gasteiger partial charge in [-0.25, -0.2) is 8.42 Å². The summed E-state index contributed by atoms with van der Waals surface area (Å²) in [7, 11) is -3.59. The maximum Gasteiger partial charge on any atom is 0.277 e. The van der Waals surface area contributed by atoms with Gasteiger partial charge in [0.05, 0.1) is 10.1 Å². The molecule has 9 nitrogen and oxygen atoms in total. The highest BCUT2D eigenvalue weighted by Crippen LogP contribution is 2.28. The molecule has 2 aromatic rings. The van der Waals surface area contributed by atoms with Gasteiger partial charge in [0.15, 0.2) is 0 Å². The molecule has 3 rings (SSSR count). The van der Waals surface area contributed by atoms with Crippen molar-refractivity contribution in [2.24, 2.45) is 0 Å². The molecule has 1 aromatic heterocycles. The molecule has 176 valence electrons. The van der Waals surface area contributed by atoms with Gasteiger partial charge in [0.1, 0.15) is 0 Å². The minimum absolute atomic E-state index is 0.0535. The lowest BCUT2D eigenvalue weighted by Gasteiger charge is -2.35. The summed E-state index contributed by atoms with van der Waals surface area (Å²) in [6.45, 7) is 12.6. The lowest BCUT2D eigenvalue weighted by Crippen LogP contribution is -2.50. The van der Waals surface area contributed by atoms with E-state index in [0.717, 1.165) is 32.7 Å². The van der Waals surface area contributed by atoms with Gasteiger partial charge in [0.25, 0.3) is 5.22 Å².